The predicted molar refractivity (Wildman–Crippen MR) is 132 cm³/mol. The van der Waals surface area contributed by atoms with Crippen LogP contribution < -0.4 is 14.2 Å². The molecule has 36 heavy (non-hydrogen) atoms. The monoisotopic (exact) mass is 499 g/mol. The van der Waals surface area contributed by atoms with Gasteiger partial charge in [0.05, 0.1) is 13.0 Å². The Labute approximate surface area is 211 Å². The van der Waals surface area contributed by atoms with Crippen molar-refractivity contribution in [3.63, 3.8) is 0 Å². The topological polar surface area (TPSA) is 110 Å². The summed E-state index contributed by atoms with van der Waals surface area (Å²) < 4.78 is 27.2. The SMILES string of the molecule is C=C[C@H](C)[C@@H](Oc1ccccc1)[C@H](C)OC(=O)[C@H](C)CC(=O)c1nccc(OC)c1OCOC(C)=O. The summed E-state index contributed by atoms with van der Waals surface area (Å²) in [7, 11) is 1.40. The van der Waals surface area contributed by atoms with Gasteiger partial charge in [-0.3, -0.25) is 14.4 Å². The number of pyridine rings is 1. The summed E-state index contributed by atoms with van der Waals surface area (Å²) in [5.41, 5.74) is -0.0419. The van der Waals surface area contributed by atoms with E-state index in [1.807, 2.05) is 37.3 Å². The van der Waals surface area contributed by atoms with Crippen LogP contribution in [0.15, 0.2) is 55.3 Å². The molecule has 0 saturated carbocycles. The van der Waals surface area contributed by atoms with E-state index in [4.69, 9.17) is 23.7 Å². The number of benzene rings is 1. The van der Waals surface area contributed by atoms with E-state index < -0.39 is 42.6 Å². The molecule has 0 N–H and O–H groups in total. The van der Waals surface area contributed by atoms with E-state index in [-0.39, 0.29) is 29.5 Å². The fourth-order valence-corrected chi connectivity index (χ4v) is 3.35. The third-order valence-corrected chi connectivity index (χ3v) is 5.38. The van der Waals surface area contributed by atoms with Gasteiger partial charge in [0.25, 0.3) is 0 Å². The fourth-order valence-electron chi connectivity index (χ4n) is 3.35. The molecule has 0 spiro atoms. The van der Waals surface area contributed by atoms with Crippen molar-refractivity contribution in [2.24, 2.45) is 11.8 Å². The molecule has 4 atom stereocenters. The third-order valence-electron chi connectivity index (χ3n) is 5.38. The third kappa shape index (κ3) is 8.11. The maximum absolute atomic E-state index is 13.0. The number of carbonyl (C=O) groups excluding carboxylic acids is 3. The van der Waals surface area contributed by atoms with E-state index >= 15 is 0 Å². The van der Waals surface area contributed by atoms with Crippen molar-refractivity contribution in [2.75, 3.05) is 13.9 Å². The van der Waals surface area contributed by atoms with E-state index in [2.05, 4.69) is 11.6 Å². The summed E-state index contributed by atoms with van der Waals surface area (Å²) in [6.07, 6.45) is 1.85. The molecular formula is C27H33NO8. The van der Waals surface area contributed by atoms with Gasteiger partial charge in [0.1, 0.15) is 18.0 Å². The summed E-state index contributed by atoms with van der Waals surface area (Å²) in [6.45, 7) is 9.89. The van der Waals surface area contributed by atoms with E-state index in [1.54, 1.807) is 19.9 Å². The van der Waals surface area contributed by atoms with Crippen molar-refractivity contribution in [1.29, 1.82) is 0 Å². The Hall–Kier alpha value is -3.88. The molecule has 0 fully saturated rings. The van der Waals surface area contributed by atoms with Gasteiger partial charge in [0, 0.05) is 31.5 Å². The predicted octanol–water partition coefficient (Wildman–Crippen LogP) is 4.40. The van der Waals surface area contributed by atoms with Crippen molar-refractivity contribution in [2.45, 2.75) is 46.3 Å². The molecule has 2 aromatic rings. The van der Waals surface area contributed by atoms with Crippen molar-refractivity contribution in [3.8, 4) is 17.2 Å². The lowest BCUT2D eigenvalue weighted by atomic mass is 9.99. The molecule has 0 aliphatic heterocycles. The molecule has 0 aliphatic rings. The smallest absolute Gasteiger partial charge is 0.309 e. The quantitative estimate of drug-likeness (QED) is 0.162. The molecule has 0 unspecified atom stereocenters. The number of carbonyl (C=O) groups is 3. The summed E-state index contributed by atoms with van der Waals surface area (Å²) in [4.78, 5) is 41.0. The summed E-state index contributed by atoms with van der Waals surface area (Å²) in [5.74, 6) is -1.53. The van der Waals surface area contributed by atoms with Gasteiger partial charge in [-0.25, -0.2) is 4.98 Å². The fraction of sp³-hybridized carbons (Fsp3) is 0.407. The van der Waals surface area contributed by atoms with Gasteiger partial charge in [-0.15, -0.1) is 6.58 Å². The standard InChI is InChI=1S/C27H33NO8/c1-7-17(2)25(36-21-11-9-8-10-12-21)19(4)35-27(31)18(3)15-22(30)24-26(34-16-33-20(5)29)23(32-6)13-14-28-24/h7-14,17-19,25H,1,15-16H2,2-6H3/t17-,18+,19-,25+/m0/s1. The second-order valence-corrected chi connectivity index (χ2v) is 8.25. The molecule has 194 valence electrons. The number of hydrogen-bond acceptors (Lipinski definition) is 9. The van der Waals surface area contributed by atoms with Crippen LogP contribution in [0, 0.1) is 11.8 Å². The molecule has 1 heterocycles. The molecule has 9 heteroatoms. The Morgan fingerprint density at radius 1 is 1.08 bits per heavy atom. The number of hydrogen-bond donors (Lipinski definition) is 0. The zero-order valence-corrected chi connectivity index (χ0v) is 21.3. The van der Waals surface area contributed by atoms with Crippen LogP contribution in [0.4, 0.5) is 0 Å². The lowest BCUT2D eigenvalue weighted by molar-refractivity contribution is -0.158. The molecule has 1 aromatic carbocycles. The van der Waals surface area contributed by atoms with Crippen molar-refractivity contribution < 1.29 is 38.1 Å². The first-order valence-corrected chi connectivity index (χ1v) is 11.5. The Morgan fingerprint density at radius 3 is 2.39 bits per heavy atom. The number of ether oxygens (including phenoxy) is 5. The van der Waals surface area contributed by atoms with Crippen LogP contribution in [0.2, 0.25) is 0 Å². The number of aromatic nitrogens is 1. The van der Waals surface area contributed by atoms with E-state index in [0.29, 0.717) is 5.75 Å². The van der Waals surface area contributed by atoms with Gasteiger partial charge in [-0.1, -0.05) is 38.1 Å². The molecule has 0 amide bonds. The molecular weight excluding hydrogens is 466 g/mol. The van der Waals surface area contributed by atoms with E-state index in [9.17, 15) is 14.4 Å². The van der Waals surface area contributed by atoms with Gasteiger partial charge in [-0.05, 0) is 19.1 Å². The molecule has 1 aromatic heterocycles. The van der Waals surface area contributed by atoms with Crippen LogP contribution in [0.1, 0.15) is 44.6 Å². The maximum Gasteiger partial charge on any atom is 0.309 e. The minimum Gasteiger partial charge on any atom is -0.493 e. The second-order valence-electron chi connectivity index (χ2n) is 8.25. The molecule has 0 aliphatic carbocycles. The minimum absolute atomic E-state index is 0.0244. The summed E-state index contributed by atoms with van der Waals surface area (Å²) in [6, 6.07) is 10.7. The lowest BCUT2D eigenvalue weighted by Gasteiger charge is -2.29. The Balaban J connectivity index is 2.09. The molecule has 0 saturated heterocycles. The number of nitrogens with zero attached hydrogens (tertiary/aromatic N) is 1. The molecule has 0 radical (unpaired) electrons. The van der Waals surface area contributed by atoms with Gasteiger partial charge in [0.2, 0.25) is 6.79 Å². The number of para-hydroxylation sites is 1. The van der Waals surface area contributed by atoms with Gasteiger partial charge in [0.15, 0.2) is 23.0 Å². The van der Waals surface area contributed by atoms with Crippen LogP contribution in [-0.2, 0) is 19.1 Å². The number of ketones is 1. The van der Waals surface area contributed by atoms with Gasteiger partial charge < -0.3 is 23.7 Å². The molecule has 9 nitrogen and oxygen atoms in total. The molecule has 0 bridgehead atoms. The largest absolute Gasteiger partial charge is 0.493 e. The van der Waals surface area contributed by atoms with Crippen molar-refractivity contribution in [3.05, 3.63) is 60.9 Å². The van der Waals surface area contributed by atoms with Crippen LogP contribution in [-0.4, -0.2) is 48.8 Å². The van der Waals surface area contributed by atoms with Gasteiger partial charge in [-0.2, -0.15) is 0 Å². The number of Topliss-reactive ketones (excluding diaryl/α,β-unsaturated/α-hetero) is 1. The highest BCUT2D eigenvalue weighted by Gasteiger charge is 2.30. The van der Waals surface area contributed by atoms with Crippen LogP contribution in [0.25, 0.3) is 0 Å². The first-order chi connectivity index (χ1) is 17.2. The molecule has 2 rings (SSSR count). The lowest BCUT2D eigenvalue weighted by Crippen LogP contribution is -2.39. The number of methoxy groups -OCH3 is 1. The van der Waals surface area contributed by atoms with Crippen molar-refractivity contribution >= 4 is 17.7 Å². The Morgan fingerprint density at radius 2 is 1.78 bits per heavy atom. The van der Waals surface area contributed by atoms with Crippen molar-refractivity contribution in [1.82, 2.24) is 4.98 Å². The number of esters is 2. The van der Waals surface area contributed by atoms with Gasteiger partial charge >= 0.3 is 11.9 Å². The van der Waals surface area contributed by atoms with Crippen LogP contribution >= 0.6 is 0 Å². The average Bonchev–Trinajstić information content (AvgIpc) is 2.86. The maximum atomic E-state index is 13.0. The Kier molecular flexibility index (Phi) is 10.9. The van der Waals surface area contributed by atoms with E-state index in [1.165, 1.54) is 26.3 Å². The van der Waals surface area contributed by atoms with Crippen LogP contribution in [0.5, 0.6) is 17.2 Å². The average molecular weight is 500 g/mol. The Bertz CT molecular complexity index is 1040. The normalized spacial score (nSPS) is 13.9. The minimum atomic E-state index is -0.773. The zero-order valence-electron chi connectivity index (χ0n) is 21.3. The highest BCUT2D eigenvalue weighted by atomic mass is 16.7. The summed E-state index contributed by atoms with van der Waals surface area (Å²) in [5, 5.41) is 0. The van der Waals surface area contributed by atoms with Crippen LogP contribution in [0.3, 0.4) is 0 Å². The second kappa shape index (κ2) is 13.9. The first kappa shape index (κ1) is 28.4. The first-order valence-electron chi connectivity index (χ1n) is 11.5. The summed E-state index contributed by atoms with van der Waals surface area (Å²) >= 11 is 0. The van der Waals surface area contributed by atoms with E-state index in [0.717, 1.165) is 0 Å². The highest BCUT2D eigenvalue weighted by Crippen LogP contribution is 2.31. The highest BCUT2D eigenvalue weighted by molar-refractivity contribution is 5.99. The number of rotatable bonds is 14. The zero-order chi connectivity index (χ0) is 26.7.